The van der Waals surface area contributed by atoms with Crippen LogP contribution in [0.25, 0.3) is 0 Å². The Balaban J connectivity index is 1.29. The van der Waals surface area contributed by atoms with Crippen molar-refractivity contribution in [3.05, 3.63) is 83.9 Å². The molecule has 0 saturated carbocycles. The number of carbonyl (C=O) groups excluding carboxylic acids is 2. The van der Waals surface area contributed by atoms with Gasteiger partial charge in [0.2, 0.25) is 0 Å². The van der Waals surface area contributed by atoms with Crippen LogP contribution in [-0.4, -0.2) is 56.6 Å². The fourth-order valence-electron chi connectivity index (χ4n) is 3.97. The summed E-state index contributed by atoms with van der Waals surface area (Å²) in [6.07, 6.45) is 0.940. The van der Waals surface area contributed by atoms with Crippen molar-refractivity contribution >= 4 is 23.2 Å². The third kappa shape index (κ3) is 6.12. The average molecular weight is 474 g/mol. The highest BCUT2D eigenvalue weighted by Gasteiger charge is 2.22. The molecule has 1 N–H and O–H groups in total. The number of amides is 2. The van der Waals surface area contributed by atoms with Crippen LogP contribution < -0.4 is 19.7 Å². The molecule has 0 spiro atoms. The summed E-state index contributed by atoms with van der Waals surface area (Å²) < 4.78 is 10.7. The molecule has 0 unspecified atom stereocenters. The molecule has 7 nitrogen and oxygen atoms in total. The van der Waals surface area contributed by atoms with Crippen molar-refractivity contribution in [1.82, 2.24) is 4.90 Å². The highest BCUT2D eigenvalue weighted by atomic mass is 16.5. The van der Waals surface area contributed by atoms with Crippen LogP contribution in [0.1, 0.15) is 34.1 Å². The lowest BCUT2D eigenvalue weighted by atomic mass is 10.1. The highest BCUT2D eigenvalue weighted by Crippen LogP contribution is 2.22. The molecular weight excluding hydrogens is 442 g/mol. The molecule has 4 rings (SSSR count). The number of piperazine rings is 1. The van der Waals surface area contributed by atoms with E-state index in [2.05, 4.69) is 17.1 Å². The van der Waals surface area contributed by atoms with Gasteiger partial charge < -0.3 is 24.6 Å². The van der Waals surface area contributed by atoms with Gasteiger partial charge in [-0.1, -0.05) is 6.92 Å². The molecule has 7 heteroatoms. The number of anilines is 2. The van der Waals surface area contributed by atoms with E-state index in [9.17, 15) is 9.59 Å². The number of benzene rings is 3. The van der Waals surface area contributed by atoms with Crippen molar-refractivity contribution < 1.29 is 19.1 Å². The Morgan fingerprint density at radius 2 is 1.40 bits per heavy atom. The smallest absolute Gasteiger partial charge is 0.255 e. The molecule has 2 amide bonds. The monoisotopic (exact) mass is 473 g/mol. The Morgan fingerprint density at radius 3 is 2.00 bits per heavy atom. The summed E-state index contributed by atoms with van der Waals surface area (Å²) in [5, 5.41) is 2.94. The van der Waals surface area contributed by atoms with Gasteiger partial charge in [0.15, 0.2) is 0 Å². The molecule has 1 aliphatic heterocycles. The minimum atomic E-state index is -0.162. The van der Waals surface area contributed by atoms with Gasteiger partial charge in [0, 0.05) is 48.7 Å². The summed E-state index contributed by atoms with van der Waals surface area (Å²) in [4.78, 5) is 29.5. The SMILES string of the molecule is CCCOc1ccc(C(=O)Nc2ccc(N3CCN(C(=O)c4ccc(OC)cc4)CC3)cc2)cc1. The molecule has 0 aromatic heterocycles. The van der Waals surface area contributed by atoms with Crippen molar-refractivity contribution in [3.63, 3.8) is 0 Å². The van der Waals surface area contributed by atoms with E-state index in [1.165, 1.54) is 0 Å². The molecular formula is C28H31N3O4. The summed E-state index contributed by atoms with van der Waals surface area (Å²) in [6, 6.07) is 22.2. The second-order valence-corrected chi connectivity index (χ2v) is 8.38. The fourth-order valence-corrected chi connectivity index (χ4v) is 3.97. The quantitative estimate of drug-likeness (QED) is 0.514. The molecule has 3 aromatic rings. The van der Waals surface area contributed by atoms with Gasteiger partial charge in [0.05, 0.1) is 13.7 Å². The minimum absolute atomic E-state index is 0.0373. The maximum absolute atomic E-state index is 12.8. The molecule has 1 heterocycles. The number of methoxy groups -OCH3 is 1. The van der Waals surface area contributed by atoms with E-state index in [0.717, 1.165) is 42.4 Å². The van der Waals surface area contributed by atoms with Gasteiger partial charge in [-0.15, -0.1) is 0 Å². The fraction of sp³-hybridized carbons (Fsp3) is 0.286. The van der Waals surface area contributed by atoms with Crippen molar-refractivity contribution in [2.24, 2.45) is 0 Å². The molecule has 182 valence electrons. The first-order valence-electron chi connectivity index (χ1n) is 11.9. The largest absolute Gasteiger partial charge is 0.497 e. The summed E-state index contributed by atoms with van der Waals surface area (Å²) in [7, 11) is 1.61. The first-order valence-corrected chi connectivity index (χ1v) is 11.9. The van der Waals surface area contributed by atoms with Crippen LogP contribution in [0.2, 0.25) is 0 Å². The third-order valence-corrected chi connectivity index (χ3v) is 5.98. The third-order valence-electron chi connectivity index (χ3n) is 5.98. The lowest BCUT2D eigenvalue weighted by Crippen LogP contribution is -2.48. The Morgan fingerprint density at radius 1 is 0.800 bits per heavy atom. The van der Waals surface area contributed by atoms with E-state index in [0.29, 0.717) is 30.8 Å². The lowest BCUT2D eigenvalue weighted by molar-refractivity contribution is 0.0746. The average Bonchev–Trinajstić information content (AvgIpc) is 2.92. The second kappa shape index (κ2) is 11.4. The second-order valence-electron chi connectivity index (χ2n) is 8.38. The van der Waals surface area contributed by atoms with E-state index in [4.69, 9.17) is 9.47 Å². The molecule has 1 fully saturated rings. The van der Waals surface area contributed by atoms with Crippen LogP contribution >= 0.6 is 0 Å². The van der Waals surface area contributed by atoms with Crippen LogP contribution in [0.3, 0.4) is 0 Å². The summed E-state index contributed by atoms with van der Waals surface area (Å²) in [6.45, 7) is 5.52. The van der Waals surface area contributed by atoms with Gasteiger partial charge in [-0.05, 0) is 79.2 Å². The zero-order valence-electron chi connectivity index (χ0n) is 20.2. The number of ether oxygens (including phenoxy) is 2. The Kier molecular flexibility index (Phi) is 7.88. The zero-order chi connectivity index (χ0) is 24.6. The predicted octanol–water partition coefficient (Wildman–Crippen LogP) is 4.70. The van der Waals surface area contributed by atoms with Crippen LogP contribution in [0, 0.1) is 0 Å². The van der Waals surface area contributed by atoms with Gasteiger partial charge in [-0.25, -0.2) is 0 Å². The van der Waals surface area contributed by atoms with Gasteiger partial charge in [0.25, 0.3) is 11.8 Å². The Labute approximate surface area is 206 Å². The van der Waals surface area contributed by atoms with Crippen LogP contribution in [0.5, 0.6) is 11.5 Å². The van der Waals surface area contributed by atoms with Crippen molar-refractivity contribution in [3.8, 4) is 11.5 Å². The number of hydrogen-bond donors (Lipinski definition) is 1. The normalized spacial score (nSPS) is 13.3. The number of carbonyl (C=O) groups is 2. The molecule has 0 radical (unpaired) electrons. The zero-order valence-corrected chi connectivity index (χ0v) is 20.2. The van der Waals surface area contributed by atoms with E-state index in [1.807, 2.05) is 41.3 Å². The maximum Gasteiger partial charge on any atom is 0.255 e. The van der Waals surface area contributed by atoms with Gasteiger partial charge >= 0.3 is 0 Å². The molecule has 1 aliphatic rings. The van der Waals surface area contributed by atoms with Crippen molar-refractivity contribution in [1.29, 1.82) is 0 Å². The van der Waals surface area contributed by atoms with Crippen LogP contribution in [0.4, 0.5) is 11.4 Å². The van der Waals surface area contributed by atoms with E-state index < -0.39 is 0 Å². The van der Waals surface area contributed by atoms with Gasteiger partial charge in [-0.3, -0.25) is 9.59 Å². The number of hydrogen-bond acceptors (Lipinski definition) is 5. The van der Waals surface area contributed by atoms with E-state index >= 15 is 0 Å². The number of nitrogens with zero attached hydrogens (tertiary/aromatic N) is 2. The molecule has 35 heavy (non-hydrogen) atoms. The molecule has 1 saturated heterocycles. The van der Waals surface area contributed by atoms with E-state index in [1.54, 1.807) is 43.5 Å². The number of nitrogens with one attached hydrogen (secondary N) is 1. The van der Waals surface area contributed by atoms with Crippen LogP contribution in [0.15, 0.2) is 72.8 Å². The standard InChI is InChI=1S/C28H31N3O4/c1-3-20-35-26-14-4-21(5-15-26)27(32)29-23-8-10-24(11-9-23)30-16-18-31(19-17-30)28(33)22-6-12-25(34-2)13-7-22/h4-15H,3,16-20H2,1-2H3,(H,29,32). The van der Waals surface area contributed by atoms with Gasteiger partial charge in [0.1, 0.15) is 11.5 Å². The minimum Gasteiger partial charge on any atom is -0.497 e. The van der Waals surface area contributed by atoms with Gasteiger partial charge in [-0.2, -0.15) is 0 Å². The van der Waals surface area contributed by atoms with Crippen molar-refractivity contribution in [2.75, 3.05) is 50.1 Å². The predicted molar refractivity (Wildman–Crippen MR) is 138 cm³/mol. The van der Waals surface area contributed by atoms with Crippen molar-refractivity contribution in [2.45, 2.75) is 13.3 Å². The Hall–Kier alpha value is -4.00. The summed E-state index contributed by atoms with van der Waals surface area (Å²) in [5.41, 5.74) is 3.05. The molecule has 3 aromatic carbocycles. The number of rotatable bonds is 8. The summed E-state index contributed by atoms with van der Waals surface area (Å²) in [5.74, 6) is 1.38. The first-order chi connectivity index (χ1) is 17.1. The Bertz CT molecular complexity index is 1120. The maximum atomic E-state index is 12.8. The molecule has 0 bridgehead atoms. The van der Waals surface area contributed by atoms with Crippen LogP contribution in [-0.2, 0) is 0 Å². The molecule has 0 aliphatic carbocycles. The van der Waals surface area contributed by atoms with E-state index in [-0.39, 0.29) is 11.8 Å². The first kappa shape index (κ1) is 24.1. The topological polar surface area (TPSA) is 71.1 Å². The highest BCUT2D eigenvalue weighted by molar-refractivity contribution is 6.04. The lowest BCUT2D eigenvalue weighted by Gasteiger charge is -2.36. The molecule has 0 atom stereocenters. The summed E-state index contributed by atoms with van der Waals surface area (Å²) >= 11 is 0.